The first-order valence-corrected chi connectivity index (χ1v) is 7.92. The zero-order valence-electron chi connectivity index (χ0n) is 13.2. The van der Waals surface area contributed by atoms with E-state index in [-0.39, 0.29) is 22.7 Å². The number of para-hydroxylation sites is 1. The van der Waals surface area contributed by atoms with Crippen molar-refractivity contribution in [2.24, 2.45) is 5.73 Å². The monoisotopic (exact) mass is 366 g/mol. The van der Waals surface area contributed by atoms with E-state index in [0.717, 1.165) is 0 Å². The van der Waals surface area contributed by atoms with Gasteiger partial charge in [0.25, 0.3) is 5.91 Å². The summed E-state index contributed by atoms with van der Waals surface area (Å²) in [5, 5.41) is 0.359. The number of nitrogens with zero attached hydrogens (tertiary/aromatic N) is 4. The summed E-state index contributed by atoms with van der Waals surface area (Å²) in [6, 6.07) is 10.3. The van der Waals surface area contributed by atoms with E-state index in [2.05, 4.69) is 19.9 Å². The summed E-state index contributed by atoms with van der Waals surface area (Å²) in [7, 11) is 0. The second kappa shape index (κ2) is 6.08. The van der Waals surface area contributed by atoms with Crippen molar-refractivity contribution < 1.29 is 4.79 Å². The van der Waals surface area contributed by atoms with Crippen LogP contribution in [0.25, 0.3) is 28.2 Å². The van der Waals surface area contributed by atoms with Gasteiger partial charge in [0.15, 0.2) is 17.2 Å². The Morgan fingerprint density at radius 2 is 1.96 bits per heavy atom. The van der Waals surface area contributed by atoms with Crippen LogP contribution in [-0.2, 0) is 0 Å². The molecule has 0 fully saturated rings. The Kier molecular flexibility index (Phi) is 3.74. The van der Waals surface area contributed by atoms with Crippen LogP contribution in [0.15, 0.2) is 53.6 Å². The van der Waals surface area contributed by atoms with Crippen molar-refractivity contribution in [3.8, 4) is 17.1 Å². The number of nitrogens with one attached hydrogen (secondary N) is 1. The molecule has 3 N–H and O–H groups in total. The van der Waals surface area contributed by atoms with Gasteiger partial charge < -0.3 is 10.7 Å². The molecule has 4 aromatic rings. The smallest absolute Gasteiger partial charge is 0.332 e. The highest BCUT2D eigenvalue weighted by atomic mass is 35.5. The van der Waals surface area contributed by atoms with Gasteiger partial charge in [-0.05, 0) is 24.3 Å². The highest BCUT2D eigenvalue weighted by molar-refractivity contribution is 6.32. The van der Waals surface area contributed by atoms with E-state index in [9.17, 15) is 9.59 Å². The highest BCUT2D eigenvalue weighted by Crippen LogP contribution is 2.24. The number of carbonyl (C=O) groups is 1. The largest absolute Gasteiger partial charge is 0.364 e. The van der Waals surface area contributed by atoms with Crippen molar-refractivity contribution in [1.29, 1.82) is 0 Å². The number of benzene rings is 1. The minimum absolute atomic E-state index is 0.0863. The predicted molar refractivity (Wildman–Crippen MR) is 96.2 cm³/mol. The van der Waals surface area contributed by atoms with E-state index in [1.165, 1.54) is 4.57 Å². The molecule has 26 heavy (non-hydrogen) atoms. The number of amides is 1. The zero-order chi connectivity index (χ0) is 18.3. The number of rotatable bonds is 3. The van der Waals surface area contributed by atoms with E-state index in [0.29, 0.717) is 16.3 Å². The quantitative estimate of drug-likeness (QED) is 0.574. The molecule has 3 heterocycles. The Balaban J connectivity index is 2.11. The molecular weight excluding hydrogens is 356 g/mol. The third-order valence-electron chi connectivity index (χ3n) is 3.78. The van der Waals surface area contributed by atoms with Crippen LogP contribution < -0.4 is 11.4 Å². The van der Waals surface area contributed by atoms with Crippen molar-refractivity contribution in [2.75, 3.05) is 0 Å². The maximum Gasteiger partial charge on any atom is 0.332 e. The molecule has 0 bridgehead atoms. The van der Waals surface area contributed by atoms with Gasteiger partial charge in [0, 0.05) is 18.0 Å². The molecule has 0 aliphatic heterocycles. The van der Waals surface area contributed by atoms with Gasteiger partial charge in [0.05, 0.1) is 10.7 Å². The Morgan fingerprint density at radius 3 is 2.65 bits per heavy atom. The van der Waals surface area contributed by atoms with Crippen molar-refractivity contribution in [3.63, 3.8) is 0 Å². The lowest BCUT2D eigenvalue weighted by Crippen LogP contribution is -2.15. The first-order chi connectivity index (χ1) is 12.6. The van der Waals surface area contributed by atoms with Crippen molar-refractivity contribution >= 4 is 28.7 Å². The minimum Gasteiger partial charge on any atom is -0.364 e. The summed E-state index contributed by atoms with van der Waals surface area (Å²) in [6.07, 6.45) is 3.16. The van der Waals surface area contributed by atoms with Crippen LogP contribution in [0.4, 0.5) is 0 Å². The topological polar surface area (TPSA) is 120 Å². The lowest BCUT2D eigenvalue weighted by atomic mass is 10.2. The van der Waals surface area contributed by atoms with Crippen LogP contribution in [0.1, 0.15) is 10.5 Å². The Hall–Kier alpha value is -3.52. The fraction of sp³-hybridized carbons (Fsp3) is 0. The summed E-state index contributed by atoms with van der Waals surface area (Å²) in [4.78, 5) is 39.7. The van der Waals surface area contributed by atoms with Crippen molar-refractivity contribution in [1.82, 2.24) is 24.5 Å². The number of aromatic amines is 1. The maximum absolute atomic E-state index is 12.5. The summed E-state index contributed by atoms with van der Waals surface area (Å²) in [5.74, 6) is -0.561. The number of nitrogens with two attached hydrogens (primary N) is 1. The molecule has 1 amide bonds. The number of imidazole rings is 1. The molecular formula is C17H11ClN6O2. The Bertz CT molecular complexity index is 1200. The summed E-state index contributed by atoms with van der Waals surface area (Å²) in [5.41, 5.74) is 6.22. The fourth-order valence-corrected chi connectivity index (χ4v) is 2.86. The lowest BCUT2D eigenvalue weighted by Gasteiger charge is -2.07. The molecule has 0 saturated heterocycles. The summed E-state index contributed by atoms with van der Waals surface area (Å²) < 4.78 is 1.28. The van der Waals surface area contributed by atoms with Gasteiger partial charge in [-0.1, -0.05) is 23.7 Å². The first-order valence-electron chi connectivity index (χ1n) is 7.54. The molecule has 1 aromatic carbocycles. The molecule has 0 saturated carbocycles. The molecule has 0 aliphatic carbocycles. The highest BCUT2D eigenvalue weighted by Gasteiger charge is 2.21. The van der Waals surface area contributed by atoms with Gasteiger partial charge >= 0.3 is 5.69 Å². The van der Waals surface area contributed by atoms with Gasteiger partial charge in [-0.15, -0.1) is 0 Å². The molecule has 0 radical (unpaired) electrons. The Morgan fingerprint density at radius 1 is 1.15 bits per heavy atom. The number of aromatic nitrogens is 5. The predicted octanol–water partition coefficient (Wildman–Crippen LogP) is 1.92. The number of fused-ring (bicyclic) bond motifs is 1. The molecule has 8 nitrogen and oxygen atoms in total. The van der Waals surface area contributed by atoms with Crippen LogP contribution in [-0.4, -0.2) is 30.4 Å². The van der Waals surface area contributed by atoms with Gasteiger partial charge in [-0.3, -0.25) is 9.78 Å². The lowest BCUT2D eigenvalue weighted by molar-refractivity contribution is 0.0997. The first kappa shape index (κ1) is 16.0. The SMILES string of the molecule is NC(=O)c1nc(-c2cccnc2)nc2c1[nH]c(=O)n2-c1ccccc1Cl. The van der Waals surface area contributed by atoms with E-state index >= 15 is 0 Å². The van der Waals surface area contributed by atoms with E-state index in [1.807, 2.05) is 0 Å². The second-order valence-corrected chi connectivity index (χ2v) is 5.82. The van der Waals surface area contributed by atoms with E-state index in [1.54, 1.807) is 48.8 Å². The standard InChI is InChI=1S/C17H11ClN6O2/c18-10-5-1-2-6-11(10)24-16-13(22-17(24)26)12(14(19)25)21-15(23-16)9-4-3-7-20-8-9/h1-8H,(H2,19,25)(H,22,26). The molecule has 9 heteroatoms. The number of primary amides is 1. The van der Waals surface area contributed by atoms with E-state index in [4.69, 9.17) is 17.3 Å². The van der Waals surface area contributed by atoms with E-state index < -0.39 is 11.6 Å². The molecule has 0 spiro atoms. The molecule has 3 aromatic heterocycles. The van der Waals surface area contributed by atoms with Crippen LogP contribution in [0, 0.1) is 0 Å². The molecule has 0 aliphatic rings. The second-order valence-electron chi connectivity index (χ2n) is 5.42. The van der Waals surface area contributed by atoms with Crippen LogP contribution in [0.2, 0.25) is 5.02 Å². The average Bonchev–Trinajstić information content (AvgIpc) is 2.97. The number of H-pyrrole nitrogens is 1. The van der Waals surface area contributed by atoms with Crippen LogP contribution in [0.3, 0.4) is 0 Å². The van der Waals surface area contributed by atoms with Gasteiger partial charge in [-0.2, -0.15) is 0 Å². The van der Waals surface area contributed by atoms with Crippen LogP contribution >= 0.6 is 11.6 Å². The fourth-order valence-electron chi connectivity index (χ4n) is 2.64. The third kappa shape index (κ3) is 2.52. The third-order valence-corrected chi connectivity index (χ3v) is 4.10. The van der Waals surface area contributed by atoms with Crippen LogP contribution in [0.5, 0.6) is 0 Å². The average molecular weight is 367 g/mol. The molecule has 4 rings (SSSR count). The number of pyridine rings is 1. The van der Waals surface area contributed by atoms with Gasteiger partial charge in [-0.25, -0.2) is 19.3 Å². The summed E-state index contributed by atoms with van der Waals surface area (Å²) >= 11 is 6.23. The summed E-state index contributed by atoms with van der Waals surface area (Å²) in [6.45, 7) is 0. The molecule has 0 unspecified atom stereocenters. The minimum atomic E-state index is -0.782. The zero-order valence-corrected chi connectivity index (χ0v) is 13.9. The van der Waals surface area contributed by atoms with Crippen molar-refractivity contribution in [2.45, 2.75) is 0 Å². The number of halogens is 1. The normalized spacial score (nSPS) is 11.0. The molecule has 128 valence electrons. The number of carbonyl (C=O) groups excluding carboxylic acids is 1. The maximum atomic E-state index is 12.5. The number of hydrogen-bond acceptors (Lipinski definition) is 5. The van der Waals surface area contributed by atoms with Gasteiger partial charge in [0.2, 0.25) is 0 Å². The number of hydrogen-bond donors (Lipinski definition) is 2. The van der Waals surface area contributed by atoms with Crippen molar-refractivity contribution in [3.05, 3.63) is 70.0 Å². The Labute approximate surface area is 151 Å². The van der Waals surface area contributed by atoms with Gasteiger partial charge in [0.1, 0.15) is 5.52 Å². The molecule has 0 atom stereocenters.